The minimum atomic E-state index is -0.284. The monoisotopic (exact) mass is 272 g/mol. The van der Waals surface area contributed by atoms with E-state index in [2.05, 4.69) is 0 Å². The molecule has 0 spiro atoms. The number of imide groups is 1. The second-order valence-electron chi connectivity index (χ2n) is 5.23. The van der Waals surface area contributed by atoms with Gasteiger partial charge in [-0.1, -0.05) is 12.1 Å². The minimum absolute atomic E-state index is 0.0693. The van der Waals surface area contributed by atoms with Crippen molar-refractivity contribution in [2.45, 2.75) is 18.8 Å². The van der Waals surface area contributed by atoms with Crippen LogP contribution in [0.15, 0.2) is 24.3 Å². The summed E-state index contributed by atoms with van der Waals surface area (Å²) in [5.74, 6) is -0.496. The fraction of sp³-hybridized carbons (Fsp3) is 0.357. The smallest absolute Gasteiger partial charge is 0.261 e. The fourth-order valence-corrected chi connectivity index (χ4v) is 2.96. The van der Waals surface area contributed by atoms with E-state index in [9.17, 15) is 14.4 Å². The van der Waals surface area contributed by atoms with Crippen LogP contribution in [0.4, 0.5) is 0 Å². The Kier molecular flexibility index (Phi) is 2.26. The zero-order chi connectivity index (χ0) is 13.9. The van der Waals surface area contributed by atoms with Gasteiger partial charge in [0.15, 0.2) is 0 Å². The summed E-state index contributed by atoms with van der Waals surface area (Å²) in [6.07, 6.45) is -0.0464. The van der Waals surface area contributed by atoms with Crippen molar-refractivity contribution >= 4 is 17.7 Å². The number of hydrogen-bond acceptors (Lipinski definition) is 4. The molecule has 0 aromatic heterocycles. The number of carbonyl (C=O) groups excluding carboxylic acids is 3. The van der Waals surface area contributed by atoms with Gasteiger partial charge in [0.2, 0.25) is 5.91 Å². The highest BCUT2D eigenvalue weighted by molar-refractivity contribution is 6.21. The maximum absolute atomic E-state index is 12.2. The van der Waals surface area contributed by atoms with Gasteiger partial charge >= 0.3 is 0 Å². The van der Waals surface area contributed by atoms with Crippen LogP contribution in [0.25, 0.3) is 0 Å². The third-order valence-corrected chi connectivity index (χ3v) is 4.03. The maximum Gasteiger partial charge on any atom is 0.261 e. The van der Waals surface area contributed by atoms with Crippen LogP contribution in [0.5, 0.6) is 0 Å². The molecular weight excluding hydrogens is 260 g/mol. The van der Waals surface area contributed by atoms with E-state index >= 15 is 0 Å². The maximum atomic E-state index is 12.2. The molecule has 4 rings (SSSR count). The number of nitrogens with zero attached hydrogens (tertiary/aromatic N) is 2. The quantitative estimate of drug-likeness (QED) is 0.571. The number of ether oxygens (including phenoxy) is 1. The van der Waals surface area contributed by atoms with Crippen LogP contribution in [-0.4, -0.2) is 52.9 Å². The van der Waals surface area contributed by atoms with Crippen molar-refractivity contribution in [1.29, 1.82) is 0 Å². The molecule has 1 aromatic carbocycles. The highest BCUT2D eigenvalue weighted by Gasteiger charge is 2.47. The normalized spacial score (nSPS) is 27.7. The Bertz CT molecular complexity index is 607. The Balaban J connectivity index is 1.52. The second kappa shape index (κ2) is 3.89. The summed E-state index contributed by atoms with van der Waals surface area (Å²) in [6, 6.07) is 6.79. The Labute approximate surface area is 114 Å². The standard InChI is InChI=1S/C14H12N2O4/c17-11-5-12-15(11)6-8(20-12)7-16-13(18)9-3-1-2-4-10(9)14(16)19/h1-4,8,12H,5-7H2. The molecule has 6 nitrogen and oxygen atoms in total. The van der Waals surface area contributed by atoms with Gasteiger partial charge in [-0.3, -0.25) is 19.3 Å². The topological polar surface area (TPSA) is 66.9 Å². The molecule has 0 N–H and O–H groups in total. The first-order valence-electron chi connectivity index (χ1n) is 6.55. The summed E-state index contributed by atoms with van der Waals surface area (Å²) < 4.78 is 5.65. The van der Waals surface area contributed by atoms with Gasteiger partial charge in [-0.25, -0.2) is 0 Å². The summed E-state index contributed by atoms with van der Waals surface area (Å²) in [7, 11) is 0. The van der Waals surface area contributed by atoms with Crippen LogP contribution in [0.3, 0.4) is 0 Å². The van der Waals surface area contributed by atoms with Gasteiger partial charge < -0.3 is 9.64 Å². The molecule has 2 fully saturated rings. The summed E-state index contributed by atoms with van der Waals surface area (Å²) in [4.78, 5) is 38.6. The van der Waals surface area contributed by atoms with Gasteiger partial charge in [0.05, 0.1) is 36.7 Å². The van der Waals surface area contributed by atoms with E-state index in [1.807, 2.05) is 0 Å². The van der Waals surface area contributed by atoms with E-state index in [-0.39, 0.29) is 36.6 Å². The van der Waals surface area contributed by atoms with Crippen molar-refractivity contribution in [1.82, 2.24) is 9.80 Å². The van der Waals surface area contributed by atoms with Crippen molar-refractivity contribution in [3.05, 3.63) is 35.4 Å². The molecule has 2 saturated heterocycles. The first-order chi connectivity index (χ1) is 9.65. The molecule has 3 amide bonds. The fourth-order valence-electron chi connectivity index (χ4n) is 2.96. The number of carbonyl (C=O) groups is 3. The van der Waals surface area contributed by atoms with E-state index in [0.717, 1.165) is 0 Å². The lowest BCUT2D eigenvalue weighted by molar-refractivity contribution is -0.156. The van der Waals surface area contributed by atoms with Crippen molar-refractivity contribution < 1.29 is 19.1 Å². The zero-order valence-corrected chi connectivity index (χ0v) is 10.6. The molecule has 0 aliphatic carbocycles. The van der Waals surface area contributed by atoms with E-state index in [1.165, 1.54) is 4.90 Å². The van der Waals surface area contributed by atoms with Crippen LogP contribution >= 0.6 is 0 Å². The number of benzene rings is 1. The molecule has 2 atom stereocenters. The lowest BCUT2D eigenvalue weighted by Crippen LogP contribution is -2.48. The summed E-state index contributed by atoms with van der Waals surface area (Å²) >= 11 is 0. The molecule has 0 saturated carbocycles. The summed E-state index contributed by atoms with van der Waals surface area (Å²) in [6.45, 7) is 0.656. The van der Waals surface area contributed by atoms with Crippen LogP contribution in [-0.2, 0) is 9.53 Å². The lowest BCUT2D eigenvalue weighted by atomic mass is 10.1. The summed E-state index contributed by atoms with van der Waals surface area (Å²) in [5, 5.41) is 0. The molecule has 0 bridgehead atoms. The third-order valence-electron chi connectivity index (χ3n) is 4.03. The first kappa shape index (κ1) is 11.6. The predicted molar refractivity (Wildman–Crippen MR) is 66.8 cm³/mol. The minimum Gasteiger partial charge on any atom is -0.351 e. The molecule has 1 aromatic rings. The van der Waals surface area contributed by atoms with Crippen molar-refractivity contribution in [3.8, 4) is 0 Å². The number of fused-ring (bicyclic) bond motifs is 2. The lowest BCUT2D eigenvalue weighted by Gasteiger charge is -2.31. The second-order valence-corrected chi connectivity index (χ2v) is 5.23. The van der Waals surface area contributed by atoms with Crippen molar-refractivity contribution in [3.63, 3.8) is 0 Å². The van der Waals surface area contributed by atoms with E-state index in [1.54, 1.807) is 29.2 Å². The van der Waals surface area contributed by atoms with Crippen molar-refractivity contribution in [2.24, 2.45) is 0 Å². The highest BCUT2D eigenvalue weighted by atomic mass is 16.5. The van der Waals surface area contributed by atoms with Gasteiger partial charge in [0, 0.05) is 0 Å². The van der Waals surface area contributed by atoms with Crippen LogP contribution in [0.1, 0.15) is 27.1 Å². The average Bonchev–Trinajstić information content (AvgIpc) is 2.90. The Morgan fingerprint density at radius 2 is 1.75 bits per heavy atom. The first-order valence-corrected chi connectivity index (χ1v) is 6.55. The van der Waals surface area contributed by atoms with Gasteiger partial charge in [-0.2, -0.15) is 0 Å². The number of β-lactam (4-membered cyclic amide) rings is 1. The van der Waals surface area contributed by atoms with Gasteiger partial charge in [-0.05, 0) is 12.1 Å². The van der Waals surface area contributed by atoms with Crippen LogP contribution in [0, 0.1) is 0 Å². The highest BCUT2D eigenvalue weighted by Crippen LogP contribution is 2.30. The SMILES string of the molecule is O=C1c2ccccc2C(=O)N1CC1CN2C(=O)CC2O1. The van der Waals surface area contributed by atoms with E-state index < -0.39 is 0 Å². The van der Waals surface area contributed by atoms with Crippen LogP contribution in [0.2, 0.25) is 0 Å². The molecule has 0 radical (unpaired) electrons. The molecule has 6 heteroatoms. The average molecular weight is 272 g/mol. The number of rotatable bonds is 2. The van der Waals surface area contributed by atoms with Gasteiger partial charge in [-0.15, -0.1) is 0 Å². The molecule has 3 heterocycles. The molecule has 2 unspecified atom stereocenters. The van der Waals surface area contributed by atoms with E-state index in [0.29, 0.717) is 24.1 Å². The molecule has 102 valence electrons. The van der Waals surface area contributed by atoms with Gasteiger partial charge in [0.25, 0.3) is 11.8 Å². The number of amides is 3. The predicted octanol–water partition coefficient (Wildman–Crippen LogP) is 0.240. The Morgan fingerprint density at radius 1 is 1.10 bits per heavy atom. The molecule has 20 heavy (non-hydrogen) atoms. The third kappa shape index (κ3) is 1.45. The zero-order valence-electron chi connectivity index (χ0n) is 10.6. The molecular formula is C14H12N2O4. The Morgan fingerprint density at radius 3 is 2.30 bits per heavy atom. The number of hydrogen-bond donors (Lipinski definition) is 0. The molecule has 3 aliphatic heterocycles. The van der Waals surface area contributed by atoms with E-state index in [4.69, 9.17) is 4.74 Å². The van der Waals surface area contributed by atoms with Crippen molar-refractivity contribution in [2.75, 3.05) is 13.1 Å². The van der Waals surface area contributed by atoms with Gasteiger partial charge in [0.1, 0.15) is 6.23 Å². The summed E-state index contributed by atoms with van der Waals surface area (Å²) in [5.41, 5.74) is 0.879. The largest absolute Gasteiger partial charge is 0.351 e. The van der Waals surface area contributed by atoms with Crippen LogP contribution < -0.4 is 0 Å². The molecule has 3 aliphatic rings. The Hall–Kier alpha value is -2.21.